The average molecular weight is 281 g/mol. The normalized spacial score (nSPS) is 10.4. The van der Waals surface area contributed by atoms with Crippen LogP contribution in [-0.4, -0.2) is 22.7 Å². The number of aromatic nitrogens is 1. The Kier molecular flexibility index (Phi) is 4.46. The maximum absolute atomic E-state index is 13.3. The Labute approximate surface area is 113 Å². The molecule has 4 nitrogen and oxygen atoms in total. The molecule has 0 radical (unpaired) electrons. The molecule has 100 valence electrons. The number of para-hydroxylation sites is 1. The third-order valence-corrected chi connectivity index (χ3v) is 3.39. The van der Waals surface area contributed by atoms with Crippen molar-refractivity contribution in [1.29, 1.82) is 0 Å². The molecule has 1 aromatic carbocycles. The molecule has 0 spiro atoms. The minimum absolute atomic E-state index is 0.0220. The van der Waals surface area contributed by atoms with Crippen molar-refractivity contribution in [1.82, 2.24) is 4.98 Å². The zero-order valence-corrected chi connectivity index (χ0v) is 10.8. The summed E-state index contributed by atoms with van der Waals surface area (Å²) in [6.07, 6.45) is 2.06. The number of benzene rings is 1. The van der Waals surface area contributed by atoms with E-state index in [4.69, 9.17) is 9.84 Å². The molecule has 6 heteroatoms. The third-order valence-electron chi connectivity index (χ3n) is 2.34. The van der Waals surface area contributed by atoms with E-state index in [-0.39, 0.29) is 12.2 Å². The van der Waals surface area contributed by atoms with Gasteiger partial charge in [0, 0.05) is 17.5 Å². The lowest BCUT2D eigenvalue weighted by atomic mass is 10.3. The molecule has 2 aromatic rings. The SMILES string of the molecule is O=C(O)Cc1cnc(CCOc2ccccc2F)s1. The van der Waals surface area contributed by atoms with E-state index in [9.17, 15) is 9.18 Å². The largest absolute Gasteiger partial charge is 0.490 e. The Morgan fingerprint density at radius 1 is 1.42 bits per heavy atom. The minimum Gasteiger partial charge on any atom is -0.490 e. The highest BCUT2D eigenvalue weighted by Gasteiger charge is 2.07. The minimum atomic E-state index is -0.877. The standard InChI is InChI=1S/C13H12FNO3S/c14-10-3-1-2-4-11(10)18-6-5-12-15-8-9(19-12)7-13(16)17/h1-4,8H,5-7H2,(H,16,17). The lowest BCUT2D eigenvalue weighted by molar-refractivity contribution is -0.136. The van der Waals surface area contributed by atoms with E-state index in [2.05, 4.69) is 4.98 Å². The summed E-state index contributed by atoms with van der Waals surface area (Å²) in [7, 11) is 0. The lowest BCUT2D eigenvalue weighted by Crippen LogP contribution is -2.02. The number of hydrogen-bond donors (Lipinski definition) is 1. The maximum Gasteiger partial charge on any atom is 0.308 e. The first-order valence-corrected chi connectivity index (χ1v) is 6.49. The van der Waals surface area contributed by atoms with Gasteiger partial charge in [0.15, 0.2) is 11.6 Å². The van der Waals surface area contributed by atoms with Gasteiger partial charge < -0.3 is 9.84 Å². The summed E-state index contributed by atoms with van der Waals surface area (Å²) in [5.41, 5.74) is 0. The van der Waals surface area contributed by atoms with Gasteiger partial charge in [-0.3, -0.25) is 4.79 Å². The van der Waals surface area contributed by atoms with Crippen LogP contribution in [0.4, 0.5) is 4.39 Å². The number of nitrogens with zero attached hydrogens (tertiary/aromatic N) is 1. The van der Waals surface area contributed by atoms with Gasteiger partial charge in [-0.05, 0) is 12.1 Å². The highest BCUT2D eigenvalue weighted by molar-refractivity contribution is 7.11. The van der Waals surface area contributed by atoms with E-state index in [1.165, 1.54) is 17.4 Å². The van der Waals surface area contributed by atoms with Gasteiger partial charge in [0.1, 0.15) is 0 Å². The van der Waals surface area contributed by atoms with Crippen molar-refractivity contribution < 1.29 is 19.0 Å². The molecule has 19 heavy (non-hydrogen) atoms. The molecule has 0 saturated carbocycles. The van der Waals surface area contributed by atoms with Gasteiger partial charge in [-0.25, -0.2) is 9.37 Å². The summed E-state index contributed by atoms with van der Waals surface area (Å²) in [6.45, 7) is 0.307. The van der Waals surface area contributed by atoms with E-state index >= 15 is 0 Å². The average Bonchev–Trinajstić information content (AvgIpc) is 2.78. The number of rotatable bonds is 6. The summed E-state index contributed by atoms with van der Waals surface area (Å²) >= 11 is 1.33. The van der Waals surface area contributed by atoms with Crippen LogP contribution in [0, 0.1) is 5.82 Å². The molecule has 0 aliphatic carbocycles. The number of aliphatic carboxylic acids is 1. The van der Waals surface area contributed by atoms with Crippen LogP contribution in [0.5, 0.6) is 5.75 Å². The molecule has 0 amide bonds. The number of ether oxygens (including phenoxy) is 1. The molecule has 0 unspecified atom stereocenters. The van der Waals surface area contributed by atoms with E-state index in [0.717, 1.165) is 5.01 Å². The number of carbonyl (C=O) groups is 1. The molecule has 1 N–H and O–H groups in total. The van der Waals surface area contributed by atoms with E-state index in [0.29, 0.717) is 17.9 Å². The van der Waals surface area contributed by atoms with Crippen LogP contribution in [-0.2, 0) is 17.6 Å². The molecular weight excluding hydrogens is 269 g/mol. The third kappa shape index (κ3) is 4.03. The first kappa shape index (κ1) is 13.5. The van der Waals surface area contributed by atoms with Crippen LogP contribution < -0.4 is 4.74 Å². The summed E-state index contributed by atoms with van der Waals surface area (Å²) in [5.74, 6) is -1.06. The molecule has 2 rings (SSSR count). The fraction of sp³-hybridized carbons (Fsp3) is 0.231. The van der Waals surface area contributed by atoms with Crippen molar-refractivity contribution in [2.24, 2.45) is 0 Å². The molecule has 0 bridgehead atoms. The van der Waals surface area contributed by atoms with Crippen molar-refractivity contribution in [3.63, 3.8) is 0 Å². The topological polar surface area (TPSA) is 59.4 Å². The highest BCUT2D eigenvalue weighted by Crippen LogP contribution is 2.17. The van der Waals surface area contributed by atoms with E-state index < -0.39 is 11.8 Å². The summed E-state index contributed by atoms with van der Waals surface area (Å²) in [5, 5.41) is 9.43. The highest BCUT2D eigenvalue weighted by atomic mass is 32.1. The van der Waals surface area contributed by atoms with E-state index in [1.807, 2.05) is 0 Å². The Balaban J connectivity index is 1.84. The van der Waals surface area contributed by atoms with Gasteiger partial charge in [0.2, 0.25) is 0 Å². The van der Waals surface area contributed by atoms with Gasteiger partial charge in [-0.2, -0.15) is 0 Å². The Morgan fingerprint density at radius 3 is 2.95 bits per heavy atom. The van der Waals surface area contributed by atoms with Crippen LogP contribution in [0.15, 0.2) is 30.5 Å². The molecule has 0 fully saturated rings. The molecule has 0 aliphatic rings. The Bertz CT molecular complexity index is 571. The molecule has 1 heterocycles. The zero-order chi connectivity index (χ0) is 13.7. The molecule has 0 saturated heterocycles. The van der Waals surface area contributed by atoms with Crippen molar-refractivity contribution in [2.75, 3.05) is 6.61 Å². The van der Waals surface area contributed by atoms with Crippen molar-refractivity contribution in [3.8, 4) is 5.75 Å². The second-order valence-electron chi connectivity index (χ2n) is 3.82. The van der Waals surface area contributed by atoms with Crippen LogP contribution >= 0.6 is 11.3 Å². The summed E-state index contributed by atoms with van der Waals surface area (Å²) in [6, 6.07) is 6.20. The van der Waals surface area contributed by atoms with Gasteiger partial charge in [0.05, 0.1) is 18.0 Å². The van der Waals surface area contributed by atoms with Crippen molar-refractivity contribution in [3.05, 3.63) is 46.2 Å². The number of carboxylic acid groups (broad SMARTS) is 1. The number of halogens is 1. The van der Waals surface area contributed by atoms with Crippen LogP contribution in [0.2, 0.25) is 0 Å². The maximum atomic E-state index is 13.3. The molecule has 1 aromatic heterocycles. The fourth-order valence-electron chi connectivity index (χ4n) is 1.50. The number of hydrogen-bond acceptors (Lipinski definition) is 4. The van der Waals surface area contributed by atoms with Crippen molar-refractivity contribution >= 4 is 17.3 Å². The van der Waals surface area contributed by atoms with Crippen LogP contribution in [0.3, 0.4) is 0 Å². The predicted molar refractivity (Wildman–Crippen MR) is 69.1 cm³/mol. The van der Waals surface area contributed by atoms with Gasteiger partial charge in [-0.15, -0.1) is 11.3 Å². The second-order valence-corrected chi connectivity index (χ2v) is 5.02. The first-order valence-electron chi connectivity index (χ1n) is 5.68. The smallest absolute Gasteiger partial charge is 0.308 e. The first-order chi connectivity index (χ1) is 9.15. The van der Waals surface area contributed by atoms with E-state index in [1.54, 1.807) is 24.4 Å². The van der Waals surface area contributed by atoms with Gasteiger partial charge >= 0.3 is 5.97 Å². The van der Waals surface area contributed by atoms with Crippen LogP contribution in [0.25, 0.3) is 0 Å². The molecule has 0 atom stereocenters. The monoisotopic (exact) mass is 281 g/mol. The number of thiazole rings is 1. The second kappa shape index (κ2) is 6.29. The van der Waals surface area contributed by atoms with Gasteiger partial charge in [0.25, 0.3) is 0 Å². The molecule has 0 aliphatic heterocycles. The predicted octanol–water partition coefficient (Wildman–Crippen LogP) is 2.53. The summed E-state index contributed by atoms with van der Waals surface area (Å²) < 4.78 is 18.6. The lowest BCUT2D eigenvalue weighted by Gasteiger charge is -2.05. The van der Waals surface area contributed by atoms with Crippen LogP contribution in [0.1, 0.15) is 9.88 Å². The Morgan fingerprint density at radius 2 is 2.21 bits per heavy atom. The molecular formula is C13H12FNO3S. The van der Waals surface area contributed by atoms with Crippen molar-refractivity contribution in [2.45, 2.75) is 12.8 Å². The zero-order valence-electron chi connectivity index (χ0n) is 10.0. The van der Waals surface area contributed by atoms with Gasteiger partial charge in [-0.1, -0.05) is 12.1 Å². The quantitative estimate of drug-likeness (QED) is 0.884. The Hall–Kier alpha value is -1.95. The fourth-order valence-corrected chi connectivity index (χ4v) is 2.40. The number of carboxylic acids is 1. The summed E-state index contributed by atoms with van der Waals surface area (Å²) in [4.78, 5) is 15.3.